The van der Waals surface area contributed by atoms with Gasteiger partial charge in [-0.25, -0.2) is 4.84 Å². The second-order valence-corrected chi connectivity index (χ2v) is 7.06. The van der Waals surface area contributed by atoms with Gasteiger partial charge >= 0.3 is 5.69 Å². The lowest BCUT2D eigenvalue weighted by Crippen LogP contribution is -2.18. The van der Waals surface area contributed by atoms with Gasteiger partial charge in [-0.3, -0.25) is 0 Å². The zero-order valence-corrected chi connectivity index (χ0v) is 13.6. The van der Waals surface area contributed by atoms with E-state index in [1.165, 1.54) is 0 Å². The molecule has 1 rings (SSSR count). The van der Waals surface area contributed by atoms with Crippen LogP contribution >= 0.6 is 0 Å². The van der Waals surface area contributed by atoms with Crippen molar-refractivity contribution >= 4 is 5.69 Å². The van der Waals surface area contributed by atoms with Gasteiger partial charge < -0.3 is 5.11 Å². The normalized spacial score (nSPS) is 12.3. The van der Waals surface area contributed by atoms with Crippen molar-refractivity contribution in [1.29, 1.82) is 0 Å². The van der Waals surface area contributed by atoms with Crippen LogP contribution in [0.2, 0.25) is 0 Å². The summed E-state index contributed by atoms with van der Waals surface area (Å²) >= 11 is 0. The molecule has 0 fully saturated rings. The number of aromatic hydroxyl groups is 1. The van der Waals surface area contributed by atoms with Crippen LogP contribution in [0.3, 0.4) is 0 Å². The van der Waals surface area contributed by atoms with Crippen LogP contribution in [0.5, 0.6) is 5.75 Å². The lowest BCUT2D eigenvalue weighted by atomic mass is 9.79. The van der Waals surface area contributed by atoms with Crippen LogP contribution in [0, 0.1) is 4.91 Å². The number of rotatable bonds is 3. The predicted molar refractivity (Wildman–Crippen MR) is 80.4 cm³/mol. The first-order valence-electron chi connectivity index (χ1n) is 6.96. The van der Waals surface area contributed by atoms with Gasteiger partial charge in [0.1, 0.15) is 5.75 Å². The average molecular weight is 280 g/mol. The monoisotopic (exact) mass is 280 g/mol. The minimum Gasteiger partial charge on any atom is -0.507 e. The summed E-state index contributed by atoms with van der Waals surface area (Å²) in [7, 11) is 0. The van der Waals surface area contributed by atoms with E-state index in [2.05, 4.69) is 0 Å². The lowest BCUT2D eigenvalue weighted by molar-refractivity contribution is -0.744. The summed E-state index contributed by atoms with van der Waals surface area (Å²) < 4.78 is 0. The van der Waals surface area contributed by atoms with Gasteiger partial charge in [-0.15, -0.1) is 0 Å². The van der Waals surface area contributed by atoms with E-state index in [1.54, 1.807) is 19.1 Å². The lowest BCUT2D eigenvalue weighted by Gasteiger charge is -2.26. The van der Waals surface area contributed by atoms with Crippen LogP contribution < -0.4 is 0 Å². The van der Waals surface area contributed by atoms with E-state index < -0.39 is 0 Å². The Hall–Kier alpha value is -1.58. The van der Waals surface area contributed by atoms with Crippen molar-refractivity contribution in [1.82, 2.24) is 0 Å². The molecule has 0 atom stereocenters. The number of hydrogen-bond donors (Lipinski definition) is 1. The third-order valence-electron chi connectivity index (χ3n) is 3.17. The molecule has 0 saturated carbocycles. The Morgan fingerprint density at radius 1 is 1.05 bits per heavy atom. The Morgan fingerprint density at radius 3 is 1.75 bits per heavy atom. The number of phenols is 1. The summed E-state index contributed by atoms with van der Waals surface area (Å²) in [4.78, 5) is 17.4. The second-order valence-electron chi connectivity index (χ2n) is 7.06. The van der Waals surface area contributed by atoms with Crippen molar-refractivity contribution in [3.05, 3.63) is 28.2 Å². The minimum absolute atomic E-state index is 0.257. The van der Waals surface area contributed by atoms with Crippen LogP contribution in [-0.2, 0) is 15.7 Å². The van der Waals surface area contributed by atoms with Crippen LogP contribution in [0.15, 0.2) is 12.1 Å². The van der Waals surface area contributed by atoms with Gasteiger partial charge in [0.2, 0.25) is 0 Å². The highest BCUT2D eigenvalue weighted by atomic mass is 16.8. The summed E-state index contributed by atoms with van der Waals surface area (Å²) in [5.74, 6) is 0.263. The first-order chi connectivity index (χ1) is 8.98. The Bertz CT molecular complexity index is 472. The Kier molecular flexibility index (Phi) is 4.47. The molecule has 4 nitrogen and oxygen atoms in total. The van der Waals surface area contributed by atoms with Gasteiger partial charge in [-0.05, 0) is 17.8 Å². The van der Waals surface area contributed by atoms with E-state index in [9.17, 15) is 10.0 Å². The largest absolute Gasteiger partial charge is 0.507 e. The number of phenolic OH excluding ortho intramolecular Hbond substituents is 1. The van der Waals surface area contributed by atoms with E-state index in [0.29, 0.717) is 17.2 Å². The van der Waals surface area contributed by atoms with Crippen LogP contribution in [-0.4, -0.2) is 16.6 Å². The SMILES string of the molecule is CCO[N+](=O)c1cc(C(C)(C)C)c(O)c(C(C)(C)C)c1. The maximum Gasteiger partial charge on any atom is 0.317 e. The second kappa shape index (κ2) is 5.43. The molecule has 0 aliphatic heterocycles. The number of hydrogen-bond acceptors (Lipinski definition) is 3. The molecule has 0 aromatic heterocycles. The first-order valence-corrected chi connectivity index (χ1v) is 6.96. The maximum absolute atomic E-state index is 11.9. The van der Waals surface area contributed by atoms with E-state index in [-0.39, 0.29) is 16.6 Å². The smallest absolute Gasteiger partial charge is 0.317 e. The molecule has 1 aromatic carbocycles. The van der Waals surface area contributed by atoms with Crippen molar-refractivity contribution < 1.29 is 14.9 Å². The fourth-order valence-corrected chi connectivity index (χ4v) is 2.06. The van der Waals surface area contributed by atoms with Gasteiger partial charge in [-0.1, -0.05) is 41.5 Å². The zero-order chi connectivity index (χ0) is 15.7. The van der Waals surface area contributed by atoms with E-state index in [4.69, 9.17) is 4.84 Å². The molecule has 1 N–H and O–H groups in total. The molecule has 0 spiro atoms. The van der Waals surface area contributed by atoms with Crippen molar-refractivity contribution in [2.24, 2.45) is 0 Å². The quantitative estimate of drug-likeness (QED) is 0.837. The molecule has 0 bridgehead atoms. The minimum atomic E-state index is -0.257. The van der Waals surface area contributed by atoms with E-state index in [1.807, 2.05) is 41.5 Å². The highest BCUT2D eigenvalue weighted by Crippen LogP contribution is 2.41. The van der Waals surface area contributed by atoms with Gasteiger partial charge in [-0.2, -0.15) is 0 Å². The predicted octanol–water partition coefficient (Wildman–Crippen LogP) is 4.35. The van der Waals surface area contributed by atoms with Crippen LogP contribution in [0.4, 0.5) is 5.69 Å². The Labute approximate surface area is 121 Å². The fourth-order valence-electron chi connectivity index (χ4n) is 2.06. The fraction of sp³-hybridized carbons (Fsp3) is 0.625. The maximum atomic E-state index is 11.9. The summed E-state index contributed by atoms with van der Waals surface area (Å²) in [6.45, 7) is 14.1. The molecule has 112 valence electrons. The average Bonchev–Trinajstić information content (AvgIpc) is 2.26. The molecular weight excluding hydrogens is 254 g/mol. The summed E-state index contributed by atoms with van der Waals surface area (Å²) in [6, 6.07) is 3.40. The molecule has 20 heavy (non-hydrogen) atoms. The Balaban J connectivity index is 3.55. The molecule has 0 unspecified atom stereocenters. The first kappa shape index (κ1) is 16.5. The summed E-state index contributed by atoms with van der Waals surface area (Å²) in [5, 5.41) is 10.5. The number of nitrogens with zero attached hydrogens (tertiary/aromatic N) is 1. The highest BCUT2D eigenvalue weighted by Gasteiger charge is 2.31. The third-order valence-corrected chi connectivity index (χ3v) is 3.17. The van der Waals surface area contributed by atoms with Crippen LogP contribution in [0.25, 0.3) is 0 Å². The van der Waals surface area contributed by atoms with Gasteiger partial charge in [0.15, 0.2) is 6.61 Å². The van der Waals surface area contributed by atoms with E-state index >= 15 is 0 Å². The third kappa shape index (κ3) is 3.50. The van der Waals surface area contributed by atoms with Crippen molar-refractivity contribution in [3.63, 3.8) is 0 Å². The van der Waals surface area contributed by atoms with E-state index in [0.717, 1.165) is 11.1 Å². The number of benzene rings is 1. The molecular formula is C16H26NO3+. The Morgan fingerprint density at radius 2 is 1.45 bits per heavy atom. The van der Waals surface area contributed by atoms with Crippen LogP contribution in [0.1, 0.15) is 59.6 Å². The van der Waals surface area contributed by atoms with Gasteiger partial charge in [0.25, 0.3) is 4.92 Å². The molecule has 4 heteroatoms. The highest BCUT2D eigenvalue weighted by molar-refractivity contribution is 5.54. The standard InChI is InChI=1S/C16H25NO3/c1-8-20-17(19)11-9-12(15(2,3)4)14(18)13(10-11)16(5,6)7/h9-10H,8H2,1-7H3/p+1. The molecule has 0 radical (unpaired) electrons. The zero-order valence-electron chi connectivity index (χ0n) is 13.6. The summed E-state index contributed by atoms with van der Waals surface area (Å²) in [6.07, 6.45) is 0. The molecule has 1 aromatic rings. The van der Waals surface area contributed by atoms with Crippen molar-refractivity contribution in [2.75, 3.05) is 6.61 Å². The molecule has 0 heterocycles. The topological polar surface area (TPSA) is 49.5 Å². The molecule has 0 amide bonds. The van der Waals surface area contributed by atoms with Crippen molar-refractivity contribution in [2.45, 2.75) is 59.3 Å². The summed E-state index contributed by atoms with van der Waals surface area (Å²) in [5.41, 5.74) is 1.40. The van der Waals surface area contributed by atoms with Gasteiger partial charge in [0.05, 0.1) is 4.91 Å². The van der Waals surface area contributed by atoms with Gasteiger partial charge in [0, 0.05) is 23.3 Å². The van der Waals surface area contributed by atoms with Crippen molar-refractivity contribution in [3.8, 4) is 5.75 Å². The molecule has 0 saturated heterocycles. The molecule has 0 aliphatic rings. The molecule has 0 aliphatic carbocycles.